The molecule has 0 radical (unpaired) electrons. The minimum Gasteiger partial charge on any atom is -0.369 e. The van der Waals surface area contributed by atoms with Crippen molar-refractivity contribution in [3.8, 4) is 0 Å². The average molecular weight is 312 g/mol. The molecule has 0 aromatic rings. The van der Waals surface area contributed by atoms with Gasteiger partial charge in [0.1, 0.15) is 8.96 Å². The van der Waals surface area contributed by atoms with Crippen molar-refractivity contribution in [1.82, 2.24) is 10.4 Å². The van der Waals surface area contributed by atoms with Gasteiger partial charge in [0, 0.05) is 0 Å². The molecule has 0 aromatic heterocycles. The number of hydrazine groups is 1. The predicted molar refractivity (Wildman–Crippen MR) is 51.8 cm³/mol. The van der Waals surface area contributed by atoms with E-state index in [1.807, 2.05) is 0 Å². The van der Waals surface area contributed by atoms with Gasteiger partial charge in [0.15, 0.2) is 0 Å². The summed E-state index contributed by atoms with van der Waals surface area (Å²) in [6.45, 7) is 0. The average Bonchev–Trinajstić information content (AvgIpc) is 2.22. The predicted octanol–water partition coefficient (Wildman–Crippen LogP) is -0.245. The van der Waals surface area contributed by atoms with Crippen LogP contribution in [0.1, 0.15) is 0 Å². The summed E-state index contributed by atoms with van der Waals surface area (Å²) >= 11 is 5.82. The van der Waals surface area contributed by atoms with Crippen molar-refractivity contribution in [1.29, 1.82) is 5.41 Å². The highest BCUT2D eigenvalue weighted by molar-refractivity contribution is 9.14. The Morgan fingerprint density at radius 2 is 1.69 bits per heavy atom. The molecule has 0 saturated heterocycles. The second-order valence-corrected chi connectivity index (χ2v) is 3.69. The molecule has 8 heteroatoms. The van der Waals surface area contributed by atoms with E-state index in [0.717, 1.165) is 0 Å². The van der Waals surface area contributed by atoms with Gasteiger partial charge in [-0.3, -0.25) is 20.4 Å². The SMILES string of the molecule is N=C(N)NN1C(=O)C(Br)=C(Br)C1=O. The summed E-state index contributed by atoms with van der Waals surface area (Å²) < 4.78 is 0.206. The van der Waals surface area contributed by atoms with Gasteiger partial charge >= 0.3 is 0 Å². The first-order chi connectivity index (χ1) is 5.95. The Hall–Kier alpha value is -0.890. The van der Waals surface area contributed by atoms with E-state index in [9.17, 15) is 9.59 Å². The third-order valence-corrected chi connectivity index (χ3v) is 3.21. The molecule has 4 N–H and O–H groups in total. The van der Waals surface area contributed by atoms with Gasteiger partial charge in [-0.15, -0.1) is 0 Å². The number of hydrogen-bond donors (Lipinski definition) is 3. The van der Waals surface area contributed by atoms with Gasteiger partial charge in [-0.05, 0) is 31.9 Å². The van der Waals surface area contributed by atoms with Crippen LogP contribution in [0.15, 0.2) is 8.96 Å². The topological polar surface area (TPSA) is 99.3 Å². The summed E-state index contributed by atoms with van der Waals surface area (Å²) in [4.78, 5) is 22.4. The molecule has 0 bridgehead atoms. The van der Waals surface area contributed by atoms with Crippen LogP contribution in [-0.2, 0) is 9.59 Å². The molecule has 0 saturated carbocycles. The van der Waals surface area contributed by atoms with Crippen LogP contribution in [-0.4, -0.2) is 22.8 Å². The molecule has 6 nitrogen and oxygen atoms in total. The smallest absolute Gasteiger partial charge is 0.288 e. The van der Waals surface area contributed by atoms with Crippen LogP contribution in [0.25, 0.3) is 0 Å². The third kappa shape index (κ3) is 1.73. The van der Waals surface area contributed by atoms with Crippen molar-refractivity contribution < 1.29 is 9.59 Å². The maximum absolute atomic E-state index is 11.2. The number of guanidine groups is 1. The molecule has 70 valence electrons. The molecule has 13 heavy (non-hydrogen) atoms. The lowest BCUT2D eigenvalue weighted by molar-refractivity contribution is -0.139. The largest absolute Gasteiger partial charge is 0.369 e. The number of amides is 2. The highest BCUT2D eigenvalue weighted by atomic mass is 79.9. The van der Waals surface area contributed by atoms with E-state index in [2.05, 4.69) is 37.3 Å². The highest BCUT2D eigenvalue weighted by Crippen LogP contribution is 2.27. The molecule has 0 unspecified atom stereocenters. The van der Waals surface area contributed by atoms with Crippen molar-refractivity contribution in [3.63, 3.8) is 0 Å². The van der Waals surface area contributed by atoms with E-state index in [1.165, 1.54) is 0 Å². The van der Waals surface area contributed by atoms with E-state index < -0.39 is 17.8 Å². The number of carbonyl (C=O) groups excluding carboxylic acids is 2. The maximum Gasteiger partial charge on any atom is 0.288 e. The van der Waals surface area contributed by atoms with Gasteiger partial charge in [-0.1, -0.05) is 0 Å². The van der Waals surface area contributed by atoms with Gasteiger partial charge in [0.2, 0.25) is 5.96 Å². The van der Waals surface area contributed by atoms with Gasteiger partial charge in [-0.2, -0.15) is 5.01 Å². The molecule has 0 aliphatic carbocycles. The maximum atomic E-state index is 11.2. The Morgan fingerprint density at radius 1 is 1.31 bits per heavy atom. The molecule has 1 aliphatic rings. The molecule has 1 heterocycles. The summed E-state index contributed by atoms with van der Waals surface area (Å²) in [6.07, 6.45) is 0. The minimum atomic E-state index is -0.591. The van der Waals surface area contributed by atoms with Crippen LogP contribution in [0.5, 0.6) is 0 Å². The van der Waals surface area contributed by atoms with Crippen LogP contribution in [0.2, 0.25) is 0 Å². The van der Waals surface area contributed by atoms with Crippen molar-refractivity contribution in [3.05, 3.63) is 8.96 Å². The van der Waals surface area contributed by atoms with Crippen molar-refractivity contribution >= 4 is 49.6 Å². The summed E-state index contributed by atoms with van der Waals surface area (Å²) in [7, 11) is 0. The fourth-order valence-electron chi connectivity index (χ4n) is 0.698. The van der Waals surface area contributed by atoms with Gasteiger partial charge in [0.25, 0.3) is 11.8 Å². The second-order valence-electron chi connectivity index (χ2n) is 2.10. The van der Waals surface area contributed by atoms with Crippen LogP contribution in [0.4, 0.5) is 0 Å². The molecule has 0 atom stereocenters. The van der Waals surface area contributed by atoms with E-state index in [4.69, 9.17) is 11.1 Å². The number of hydrogen-bond acceptors (Lipinski definition) is 3. The minimum absolute atomic E-state index is 0.103. The van der Waals surface area contributed by atoms with Crippen molar-refractivity contribution in [2.24, 2.45) is 5.73 Å². The molecule has 1 rings (SSSR count). The quantitative estimate of drug-likeness (QED) is 0.353. The van der Waals surface area contributed by atoms with Crippen molar-refractivity contribution in [2.45, 2.75) is 0 Å². The summed E-state index contributed by atoms with van der Waals surface area (Å²) in [5.74, 6) is -1.66. The Labute approximate surface area is 89.9 Å². The van der Waals surface area contributed by atoms with Gasteiger partial charge in [0.05, 0.1) is 0 Å². The molecular formula is C5H4Br2N4O2. The molecule has 0 spiro atoms. The normalized spacial score (nSPS) is 16.9. The lowest BCUT2D eigenvalue weighted by Crippen LogP contribution is -2.49. The standard InChI is InChI=1S/C5H4Br2N4O2/c6-1-2(7)4(13)11(3(1)12)10-5(8)9/h(H4,8,9,10). The van der Waals surface area contributed by atoms with Crippen molar-refractivity contribution in [2.75, 3.05) is 0 Å². The lowest BCUT2D eigenvalue weighted by atomic mass is 10.6. The Balaban J connectivity index is 2.91. The van der Waals surface area contributed by atoms with E-state index >= 15 is 0 Å². The van der Waals surface area contributed by atoms with Gasteiger partial charge in [-0.25, -0.2) is 0 Å². The molecule has 0 aromatic carbocycles. The monoisotopic (exact) mass is 310 g/mol. The summed E-state index contributed by atoms with van der Waals surface area (Å²) in [5, 5.41) is 7.48. The van der Waals surface area contributed by atoms with Gasteiger partial charge < -0.3 is 5.73 Å². The first kappa shape index (κ1) is 10.2. The zero-order valence-electron chi connectivity index (χ0n) is 6.10. The van der Waals surface area contributed by atoms with E-state index in [0.29, 0.717) is 5.01 Å². The third-order valence-electron chi connectivity index (χ3n) is 1.21. The second kappa shape index (κ2) is 3.46. The van der Waals surface area contributed by atoms with E-state index in [-0.39, 0.29) is 8.96 Å². The van der Waals surface area contributed by atoms with Crippen LogP contribution < -0.4 is 11.2 Å². The Morgan fingerprint density at radius 3 is 2.00 bits per heavy atom. The summed E-state index contributed by atoms with van der Waals surface area (Å²) in [5.41, 5.74) is 7.06. The molecular weight excluding hydrogens is 308 g/mol. The van der Waals surface area contributed by atoms with Crippen LogP contribution in [0, 0.1) is 5.41 Å². The first-order valence-corrected chi connectivity index (χ1v) is 4.58. The zero-order valence-corrected chi connectivity index (χ0v) is 9.27. The number of imide groups is 1. The molecule has 2 amide bonds. The molecule has 0 fully saturated rings. The van der Waals surface area contributed by atoms with Crippen LogP contribution in [0.3, 0.4) is 0 Å². The Kier molecular flexibility index (Phi) is 2.71. The molecule has 1 aliphatic heterocycles. The number of nitrogens with zero attached hydrogens (tertiary/aromatic N) is 1. The fourth-order valence-corrected chi connectivity index (χ4v) is 1.39. The number of halogens is 2. The first-order valence-electron chi connectivity index (χ1n) is 3.00. The lowest BCUT2D eigenvalue weighted by Gasteiger charge is -2.14. The highest BCUT2D eigenvalue weighted by Gasteiger charge is 2.36. The number of rotatable bonds is 1. The number of carbonyl (C=O) groups is 2. The van der Waals surface area contributed by atoms with E-state index in [1.54, 1.807) is 0 Å². The summed E-state index contributed by atoms with van der Waals surface area (Å²) in [6, 6.07) is 0. The Bertz CT molecular complexity index is 313. The number of nitrogens with two attached hydrogens (primary N) is 1. The number of nitrogens with one attached hydrogen (secondary N) is 2. The van der Waals surface area contributed by atoms with Crippen LogP contribution >= 0.6 is 31.9 Å². The zero-order chi connectivity index (χ0) is 10.2. The fraction of sp³-hybridized carbons (Fsp3) is 0.